The number of anilines is 1. The lowest BCUT2D eigenvalue weighted by atomic mass is 10.2. The van der Waals surface area contributed by atoms with Crippen molar-refractivity contribution in [1.29, 1.82) is 0 Å². The van der Waals surface area contributed by atoms with Gasteiger partial charge in [0.05, 0.1) is 5.69 Å². The van der Waals surface area contributed by atoms with Crippen molar-refractivity contribution in [3.63, 3.8) is 0 Å². The van der Waals surface area contributed by atoms with Crippen LogP contribution in [0.5, 0.6) is 0 Å². The Labute approximate surface area is 127 Å². The molecule has 0 radical (unpaired) electrons. The summed E-state index contributed by atoms with van der Waals surface area (Å²) in [4.78, 5) is 0. The molecule has 0 spiro atoms. The Morgan fingerprint density at radius 1 is 1.37 bits per heavy atom. The summed E-state index contributed by atoms with van der Waals surface area (Å²) in [6, 6.07) is 7.14. The molecule has 0 aliphatic rings. The predicted molar refractivity (Wildman–Crippen MR) is 78.6 cm³/mol. The number of hydrogen-bond acceptors (Lipinski definition) is 4. The summed E-state index contributed by atoms with van der Waals surface area (Å²) in [5.74, 6) is 0. The highest BCUT2D eigenvalue weighted by Gasteiger charge is 2.24. The number of alkyl halides is 1. The minimum atomic E-state index is -3.74. The van der Waals surface area contributed by atoms with E-state index in [0.717, 1.165) is 5.56 Å². The van der Waals surface area contributed by atoms with Crippen molar-refractivity contribution in [2.24, 2.45) is 7.05 Å². The molecule has 0 bridgehead atoms. The third-order valence-corrected chi connectivity index (χ3v) is 5.25. The number of hydrogen-bond donors (Lipinski definition) is 1. The van der Waals surface area contributed by atoms with E-state index in [9.17, 15) is 8.42 Å². The summed E-state index contributed by atoms with van der Waals surface area (Å²) < 4.78 is 28.5. The third-order valence-electron chi connectivity index (χ3n) is 2.40. The van der Waals surface area contributed by atoms with Crippen molar-refractivity contribution < 1.29 is 8.42 Å². The second kappa shape index (κ2) is 5.59. The number of aryl methyl sites for hydroxylation is 1. The van der Waals surface area contributed by atoms with E-state index in [-0.39, 0.29) is 9.63 Å². The SMILES string of the molecule is Cn1nnc(Br)c1S(=O)(=O)Nc1ccccc1CBr. The lowest BCUT2D eigenvalue weighted by Crippen LogP contribution is -2.18. The van der Waals surface area contributed by atoms with Gasteiger partial charge >= 0.3 is 0 Å². The fraction of sp³-hybridized carbons (Fsp3) is 0.200. The topological polar surface area (TPSA) is 76.9 Å². The summed E-state index contributed by atoms with van der Waals surface area (Å²) in [7, 11) is -2.23. The Morgan fingerprint density at radius 2 is 2.05 bits per heavy atom. The number of halogens is 2. The van der Waals surface area contributed by atoms with Gasteiger partial charge in [0.25, 0.3) is 10.0 Å². The molecule has 1 heterocycles. The molecule has 1 aromatic heterocycles. The molecule has 1 N–H and O–H groups in total. The zero-order valence-electron chi connectivity index (χ0n) is 9.84. The van der Waals surface area contributed by atoms with Crippen LogP contribution in [0.25, 0.3) is 0 Å². The number of rotatable bonds is 4. The van der Waals surface area contributed by atoms with Gasteiger partial charge in [0.2, 0.25) is 5.03 Å². The average Bonchev–Trinajstić information content (AvgIpc) is 2.70. The molecular formula is C10H10Br2N4O2S. The Hall–Kier alpha value is -0.930. The minimum absolute atomic E-state index is 0.0168. The Morgan fingerprint density at radius 3 is 2.63 bits per heavy atom. The van der Waals surface area contributed by atoms with Gasteiger partial charge in [0.15, 0.2) is 4.60 Å². The van der Waals surface area contributed by atoms with Crippen molar-refractivity contribution in [3.05, 3.63) is 34.4 Å². The molecule has 0 unspecified atom stereocenters. The van der Waals surface area contributed by atoms with Gasteiger partial charge in [-0.1, -0.05) is 39.3 Å². The van der Waals surface area contributed by atoms with Gasteiger partial charge in [0, 0.05) is 12.4 Å². The van der Waals surface area contributed by atoms with Crippen LogP contribution in [-0.4, -0.2) is 23.4 Å². The maximum Gasteiger partial charge on any atom is 0.281 e. The first kappa shape index (κ1) is 14.5. The minimum Gasteiger partial charge on any atom is -0.278 e. The second-order valence-corrected chi connectivity index (χ2v) is 6.61. The first-order valence-electron chi connectivity index (χ1n) is 5.17. The van der Waals surface area contributed by atoms with Crippen LogP contribution < -0.4 is 4.72 Å². The lowest BCUT2D eigenvalue weighted by Gasteiger charge is -2.11. The van der Waals surface area contributed by atoms with Crippen molar-refractivity contribution in [1.82, 2.24) is 15.0 Å². The van der Waals surface area contributed by atoms with Crippen molar-refractivity contribution in [3.8, 4) is 0 Å². The number of para-hydroxylation sites is 1. The quantitative estimate of drug-likeness (QED) is 0.785. The molecule has 6 nitrogen and oxygen atoms in total. The summed E-state index contributed by atoms with van der Waals surface area (Å²) >= 11 is 6.40. The Bertz CT molecular complexity index is 680. The molecule has 0 aliphatic carbocycles. The summed E-state index contributed by atoms with van der Waals surface area (Å²) in [5, 5.41) is 7.86. The summed E-state index contributed by atoms with van der Waals surface area (Å²) in [6.45, 7) is 0. The van der Waals surface area contributed by atoms with Crippen molar-refractivity contribution in [2.75, 3.05) is 4.72 Å². The molecule has 0 aliphatic heterocycles. The largest absolute Gasteiger partial charge is 0.281 e. The molecule has 102 valence electrons. The van der Waals surface area contributed by atoms with E-state index in [2.05, 4.69) is 46.9 Å². The first-order valence-corrected chi connectivity index (χ1v) is 8.57. The van der Waals surface area contributed by atoms with Crippen molar-refractivity contribution in [2.45, 2.75) is 10.4 Å². The third kappa shape index (κ3) is 2.98. The highest BCUT2D eigenvalue weighted by atomic mass is 79.9. The monoisotopic (exact) mass is 408 g/mol. The number of nitrogens with zero attached hydrogens (tertiary/aromatic N) is 3. The van der Waals surface area contributed by atoms with E-state index in [1.807, 2.05) is 12.1 Å². The number of sulfonamides is 1. The van der Waals surface area contributed by atoms with E-state index >= 15 is 0 Å². The Kier molecular flexibility index (Phi) is 4.26. The average molecular weight is 410 g/mol. The van der Waals surface area contributed by atoms with Gasteiger partial charge < -0.3 is 0 Å². The highest BCUT2D eigenvalue weighted by molar-refractivity contribution is 9.10. The zero-order chi connectivity index (χ0) is 14.0. The lowest BCUT2D eigenvalue weighted by molar-refractivity contribution is 0.578. The maximum atomic E-state index is 12.3. The summed E-state index contributed by atoms with van der Waals surface area (Å²) in [5.41, 5.74) is 1.37. The van der Waals surface area contributed by atoms with E-state index < -0.39 is 10.0 Å². The fourth-order valence-corrected chi connectivity index (χ4v) is 4.23. The fourth-order valence-electron chi connectivity index (χ4n) is 1.54. The second-order valence-electron chi connectivity index (χ2n) is 3.71. The van der Waals surface area contributed by atoms with Crippen molar-refractivity contribution >= 4 is 47.6 Å². The van der Waals surface area contributed by atoms with Crippen LogP contribution in [-0.2, 0) is 22.4 Å². The van der Waals surface area contributed by atoms with E-state index in [4.69, 9.17) is 0 Å². The van der Waals surface area contributed by atoms with Crippen LogP contribution in [0.2, 0.25) is 0 Å². The van der Waals surface area contributed by atoms with Crippen LogP contribution >= 0.6 is 31.9 Å². The molecule has 0 amide bonds. The molecular weight excluding hydrogens is 400 g/mol. The van der Waals surface area contributed by atoms with E-state index in [1.54, 1.807) is 12.1 Å². The van der Waals surface area contributed by atoms with Gasteiger partial charge in [-0.25, -0.2) is 4.68 Å². The Balaban J connectivity index is 2.43. The van der Waals surface area contributed by atoms with Gasteiger partial charge in [-0.15, -0.1) is 5.10 Å². The molecule has 9 heteroatoms. The molecule has 1 aromatic carbocycles. The van der Waals surface area contributed by atoms with Gasteiger partial charge in [-0.2, -0.15) is 8.42 Å². The normalized spacial score (nSPS) is 11.5. The van der Waals surface area contributed by atoms with Gasteiger partial charge in [0.1, 0.15) is 0 Å². The molecule has 19 heavy (non-hydrogen) atoms. The molecule has 0 saturated heterocycles. The first-order chi connectivity index (χ1) is 8.95. The molecule has 0 atom stereocenters. The molecule has 0 saturated carbocycles. The van der Waals surface area contributed by atoms with Crippen LogP contribution in [0, 0.1) is 0 Å². The molecule has 2 aromatic rings. The summed E-state index contributed by atoms with van der Waals surface area (Å²) in [6.07, 6.45) is 0. The van der Waals surface area contributed by atoms with Gasteiger partial charge in [-0.05, 0) is 27.6 Å². The molecule has 2 rings (SSSR count). The van der Waals surface area contributed by atoms with E-state index in [0.29, 0.717) is 11.0 Å². The maximum absolute atomic E-state index is 12.3. The van der Waals surface area contributed by atoms with Crippen LogP contribution in [0.4, 0.5) is 5.69 Å². The zero-order valence-corrected chi connectivity index (χ0v) is 13.8. The number of nitrogens with one attached hydrogen (secondary N) is 1. The number of benzene rings is 1. The number of aromatic nitrogens is 3. The van der Waals surface area contributed by atoms with Gasteiger partial charge in [-0.3, -0.25) is 4.72 Å². The standard InChI is InChI=1S/C10H10Br2N4O2S/c1-16-10(9(12)13-15-16)19(17,18)14-8-5-3-2-4-7(8)6-11/h2-5,14H,6H2,1H3. The highest BCUT2D eigenvalue weighted by Crippen LogP contribution is 2.24. The van der Waals surface area contributed by atoms with E-state index in [1.165, 1.54) is 11.7 Å². The smallest absolute Gasteiger partial charge is 0.278 e. The van der Waals surface area contributed by atoms with Crippen LogP contribution in [0.15, 0.2) is 33.9 Å². The van der Waals surface area contributed by atoms with Crippen LogP contribution in [0.1, 0.15) is 5.56 Å². The van der Waals surface area contributed by atoms with Crippen LogP contribution in [0.3, 0.4) is 0 Å². The predicted octanol–water partition coefficient (Wildman–Crippen LogP) is 2.27. The molecule has 0 fully saturated rings.